The lowest BCUT2D eigenvalue weighted by molar-refractivity contribution is -0.132. The number of carbonyl (C=O) groups excluding carboxylic acids is 2. The zero-order chi connectivity index (χ0) is 18.8. The molecule has 2 bridgehead atoms. The van der Waals surface area contributed by atoms with Crippen molar-refractivity contribution >= 4 is 11.8 Å². The van der Waals surface area contributed by atoms with Gasteiger partial charge in [0.05, 0.1) is 19.6 Å². The van der Waals surface area contributed by atoms with Gasteiger partial charge in [-0.15, -0.1) is 0 Å². The van der Waals surface area contributed by atoms with E-state index in [0.717, 1.165) is 30.7 Å². The Morgan fingerprint density at radius 2 is 1.81 bits per heavy atom. The highest BCUT2D eigenvalue weighted by molar-refractivity contribution is 5.94. The van der Waals surface area contributed by atoms with Crippen LogP contribution in [0.15, 0.2) is 54.6 Å². The number of ether oxygens (including phenoxy) is 1. The minimum Gasteiger partial charge on any atom is -0.497 e. The Bertz CT molecular complexity index is 819. The molecule has 140 valence electrons. The van der Waals surface area contributed by atoms with E-state index in [2.05, 4.69) is 5.32 Å². The van der Waals surface area contributed by atoms with Crippen molar-refractivity contribution < 1.29 is 14.3 Å². The summed E-state index contributed by atoms with van der Waals surface area (Å²) in [5.41, 5.74) is 1.64. The number of likely N-dealkylation sites (tertiary alicyclic amines) is 1. The van der Waals surface area contributed by atoms with Crippen LogP contribution in [-0.2, 0) is 11.2 Å². The summed E-state index contributed by atoms with van der Waals surface area (Å²) >= 11 is 0. The molecule has 2 aromatic rings. The molecule has 27 heavy (non-hydrogen) atoms. The number of rotatable bonds is 5. The van der Waals surface area contributed by atoms with Gasteiger partial charge in [0.15, 0.2) is 0 Å². The van der Waals surface area contributed by atoms with Crippen molar-refractivity contribution in [3.8, 4) is 5.75 Å². The van der Waals surface area contributed by atoms with Gasteiger partial charge < -0.3 is 15.0 Å². The molecular formula is C22H24N2O3. The maximum absolute atomic E-state index is 12.8. The average Bonchev–Trinajstić information content (AvgIpc) is 3.30. The molecule has 0 radical (unpaired) electrons. The number of hydrogen-bond acceptors (Lipinski definition) is 3. The fourth-order valence-corrected chi connectivity index (χ4v) is 4.33. The number of hydrogen-bond donors (Lipinski definition) is 1. The average molecular weight is 364 g/mol. The van der Waals surface area contributed by atoms with Gasteiger partial charge in [0.1, 0.15) is 5.75 Å². The van der Waals surface area contributed by atoms with Gasteiger partial charge in [0.25, 0.3) is 5.91 Å². The van der Waals surface area contributed by atoms with E-state index in [1.807, 2.05) is 59.5 Å². The van der Waals surface area contributed by atoms with Crippen molar-refractivity contribution in [1.29, 1.82) is 0 Å². The molecule has 2 aliphatic rings. The summed E-state index contributed by atoms with van der Waals surface area (Å²) in [4.78, 5) is 27.3. The van der Waals surface area contributed by atoms with Crippen molar-refractivity contribution in [2.24, 2.45) is 5.92 Å². The van der Waals surface area contributed by atoms with Gasteiger partial charge >= 0.3 is 0 Å². The summed E-state index contributed by atoms with van der Waals surface area (Å²) < 4.78 is 5.17. The topological polar surface area (TPSA) is 58.6 Å². The first-order valence-corrected chi connectivity index (χ1v) is 9.42. The molecule has 0 unspecified atom stereocenters. The maximum atomic E-state index is 12.8. The van der Waals surface area contributed by atoms with Gasteiger partial charge in [-0.1, -0.05) is 30.3 Å². The number of amides is 2. The second-order valence-electron chi connectivity index (χ2n) is 7.42. The molecule has 1 saturated heterocycles. The van der Waals surface area contributed by atoms with E-state index in [4.69, 9.17) is 4.74 Å². The SMILES string of the molecule is COc1ccc(CC(=O)N2C[C@@H]3C[C@H](NC(=O)c4ccccc4)[C@H]2C3)cc1. The van der Waals surface area contributed by atoms with Crippen molar-refractivity contribution in [3.05, 3.63) is 65.7 Å². The number of carbonyl (C=O) groups is 2. The van der Waals surface area contributed by atoms with Crippen molar-refractivity contribution in [2.75, 3.05) is 13.7 Å². The standard InChI is InChI=1S/C22H24N2O3/c1-27-18-9-7-15(8-10-18)13-21(25)24-14-16-11-19(20(24)12-16)23-22(26)17-5-3-2-4-6-17/h2-10,16,19-20H,11-14H2,1H3,(H,23,26)/t16-,19+,20-/m1/s1. The molecule has 1 heterocycles. The third-order valence-corrected chi connectivity index (χ3v) is 5.67. The first kappa shape index (κ1) is 17.6. The predicted octanol–water partition coefficient (Wildman–Crippen LogP) is 2.66. The molecule has 3 atom stereocenters. The normalized spacial score (nSPS) is 23.3. The molecule has 2 amide bonds. The first-order chi connectivity index (χ1) is 13.1. The number of methoxy groups -OCH3 is 1. The molecule has 5 nitrogen and oxygen atoms in total. The highest BCUT2D eigenvalue weighted by Gasteiger charge is 2.47. The lowest BCUT2D eigenvalue weighted by Crippen LogP contribution is -2.52. The molecule has 4 rings (SSSR count). The summed E-state index contributed by atoms with van der Waals surface area (Å²) in [6, 6.07) is 17.0. The summed E-state index contributed by atoms with van der Waals surface area (Å²) in [5.74, 6) is 1.34. The van der Waals surface area contributed by atoms with Crippen LogP contribution in [0.1, 0.15) is 28.8 Å². The Balaban J connectivity index is 1.39. The summed E-state index contributed by atoms with van der Waals surface area (Å²) in [6.45, 7) is 0.803. The number of fused-ring (bicyclic) bond motifs is 2. The number of nitrogens with one attached hydrogen (secondary N) is 1. The minimum atomic E-state index is -0.0595. The lowest BCUT2D eigenvalue weighted by atomic mass is 10.0. The molecule has 5 heteroatoms. The van der Waals surface area contributed by atoms with E-state index in [1.54, 1.807) is 7.11 Å². The molecule has 1 N–H and O–H groups in total. The zero-order valence-electron chi connectivity index (χ0n) is 15.4. The highest BCUT2D eigenvalue weighted by atomic mass is 16.5. The summed E-state index contributed by atoms with van der Waals surface area (Å²) in [5, 5.41) is 3.14. The first-order valence-electron chi connectivity index (χ1n) is 9.42. The monoisotopic (exact) mass is 364 g/mol. The van der Waals surface area contributed by atoms with Crippen LogP contribution in [0, 0.1) is 5.92 Å². The number of nitrogens with zero attached hydrogens (tertiary/aromatic N) is 1. The minimum absolute atomic E-state index is 0.0382. The fourth-order valence-electron chi connectivity index (χ4n) is 4.33. The van der Waals surface area contributed by atoms with Crippen LogP contribution in [0.25, 0.3) is 0 Å². The Labute approximate surface area is 159 Å². The van der Waals surface area contributed by atoms with Crippen molar-refractivity contribution in [3.63, 3.8) is 0 Å². The lowest BCUT2D eigenvalue weighted by Gasteiger charge is -2.34. The molecule has 0 aromatic heterocycles. The molecule has 1 aliphatic carbocycles. The molecule has 2 aromatic carbocycles. The van der Waals surface area contributed by atoms with Crippen LogP contribution in [-0.4, -0.2) is 42.5 Å². The third-order valence-electron chi connectivity index (χ3n) is 5.67. The smallest absolute Gasteiger partial charge is 0.251 e. The zero-order valence-corrected chi connectivity index (χ0v) is 15.4. The summed E-state index contributed by atoms with van der Waals surface area (Å²) in [7, 11) is 1.63. The Morgan fingerprint density at radius 1 is 1.07 bits per heavy atom. The van der Waals surface area contributed by atoms with E-state index in [-0.39, 0.29) is 23.9 Å². The van der Waals surface area contributed by atoms with Crippen molar-refractivity contribution in [2.45, 2.75) is 31.3 Å². The van der Waals surface area contributed by atoms with Gasteiger partial charge in [-0.2, -0.15) is 0 Å². The fraction of sp³-hybridized carbons (Fsp3) is 0.364. The van der Waals surface area contributed by atoms with E-state index in [0.29, 0.717) is 17.9 Å². The third kappa shape index (κ3) is 3.68. The van der Waals surface area contributed by atoms with Crippen LogP contribution in [0.3, 0.4) is 0 Å². The number of benzene rings is 2. The quantitative estimate of drug-likeness (QED) is 0.887. The predicted molar refractivity (Wildman–Crippen MR) is 103 cm³/mol. The van der Waals surface area contributed by atoms with Crippen LogP contribution in [0.5, 0.6) is 5.75 Å². The molecule has 0 spiro atoms. The van der Waals surface area contributed by atoms with Crippen LogP contribution in [0.4, 0.5) is 0 Å². The molecule has 1 saturated carbocycles. The second-order valence-corrected chi connectivity index (χ2v) is 7.42. The van der Waals surface area contributed by atoms with E-state index >= 15 is 0 Å². The molecule has 2 fully saturated rings. The largest absolute Gasteiger partial charge is 0.497 e. The Kier molecular flexibility index (Phi) is 4.84. The molecular weight excluding hydrogens is 340 g/mol. The maximum Gasteiger partial charge on any atom is 0.251 e. The van der Waals surface area contributed by atoms with Gasteiger partial charge in [-0.05, 0) is 48.6 Å². The van der Waals surface area contributed by atoms with Gasteiger partial charge in [0, 0.05) is 18.2 Å². The van der Waals surface area contributed by atoms with Crippen LogP contribution in [0.2, 0.25) is 0 Å². The highest BCUT2D eigenvalue weighted by Crippen LogP contribution is 2.38. The summed E-state index contributed by atoms with van der Waals surface area (Å²) in [6.07, 6.45) is 2.32. The van der Waals surface area contributed by atoms with E-state index in [9.17, 15) is 9.59 Å². The van der Waals surface area contributed by atoms with Gasteiger partial charge in [-0.3, -0.25) is 9.59 Å². The van der Waals surface area contributed by atoms with Gasteiger partial charge in [0.2, 0.25) is 5.91 Å². The Morgan fingerprint density at radius 3 is 2.48 bits per heavy atom. The van der Waals surface area contributed by atoms with Gasteiger partial charge in [-0.25, -0.2) is 0 Å². The van der Waals surface area contributed by atoms with Crippen molar-refractivity contribution in [1.82, 2.24) is 10.2 Å². The van der Waals surface area contributed by atoms with E-state index < -0.39 is 0 Å². The van der Waals surface area contributed by atoms with E-state index in [1.165, 1.54) is 0 Å². The number of piperidine rings is 1. The molecule has 1 aliphatic heterocycles. The second kappa shape index (κ2) is 7.43. The van der Waals surface area contributed by atoms with Crippen LogP contribution >= 0.6 is 0 Å². The van der Waals surface area contributed by atoms with Crippen LogP contribution < -0.4 is 10.1 Å². The Hall–Kier alpha value is -2.82.